The number of nitrogens with one attached hydrogen (secondary N) is 3. The average Bonchev–Trinajstić information content (AvgIpc) is 3.78. The van der Waals surface area contributed by atoms with Crippen LogP contribution in [0.4, 0.5) is 17.1 Å². The Balaban J connectivity index is 0.836. The van der Waals surface area contributed by atoms with Crippen molar-refractivity contribution in [1.29, 1.82) is 0 Å². The first-order valence-electron chi connectivity index (χ1n) is 25.0. The van der Waals surface area contributed by atoms with Crippen molar-refractivity contribution in [3.8, 4) is 11.5 Å². The minimum Gasteiger partial charge on any atom is -0.455 e. The van der Waals surface area contributed by atoms with E-state index in [1.807, 2.05) is 19.1 Å². The summed E-state index contributed by atoms with van der Waals surface area (Å²) >= 11 is 0. The average molecular weight is 959 g/mol. The summed E-state index contributed by atoms with van der Waals surface area (Å²) in [5.41, 5.74) is 3.81. The topological polar surface area (TPSA) is 186 Å². The Labute approximate surface area is 405 Å². The monoisotopic (exact) mass is 958 g/mol. The number of aliphatic hydroxyl groups is 1. The number of piperazine rings is 1. The van der Waals surface area contributed by atoms with Crippen LogP contribution < -0.4 is 19.7 Å². The summed E-state index contributed by atoms with van der Waals surface area (Å²) in [6, 6.07) is 23.2. The molecule has 2 saturated heterocycles. The first kappa shape index (κ1) is 47.1. The van der Waals surface area contributed by atoms with Gasteiger partial charge in [-0.15, -0.1) is 0 Å². The van der Waals surface area contributed by atoms with Crippen molar-refractivity contribution in [2.24, 2.45) is 11.3 Å². The number of sulfonamides is 1. The molecule has 2 aromatic heterocycles. The second kappa shape index (κ2) is 19.0. The lowest BCUT2D eigenvalue weighted by atomic mass is 9.59. The lowest BCUT2D eigenvalue weighted by Gasteiger charge is -2.59. The minimum absolute atomic E-state index is 0.0166. The third kappa shape index (κ3) is 9.95. The van der Waals surface area contributed by atoms with Crippen molar-refractivity contribution >= 4 is 44.0 Å². The number of hydrogen-bond acceptors (Lipinski definition) is 12. The molecule has 0 radical (unpaired) electrons. The number of nitro groups is 1. The van der Waals surface area contributed by atoms with Gasteiger partial charge in [-0.2, -0.15) is 0 Å². The molecule has 0 bridgehead atoms. The molecule has 366 valence electrons. The number of pyridine rings is 1. The Morgan fingerprint density at radius 3 is 2.45 bits per heavy atom. The molecule has 1 amide bonds. The molecule has 2 aliphatic heterocycles. The van der Waals surface area contributed by atoms with E-state index in [4.69, 9.17) is 4.74 Å². The molecule has 10 rings (SSSR count). The van der Waals surface area contributed by atoms with Gasteiger partial charge in [0.15, 0.2) is 0 Å². The van der Waals surface area contributed by atoms with Gasteiger partial charge in [-0.1, -0.05) is 44.5 Å². The lowest BCUT2D eigenvalue weighted by Crippen LogP contribution is -2.61. The molecule has 1 spiro atoms. The normalized spacial score (nSPS) is 23.7. The fraction of sp³-hybridized carbons (Fsp3) is 0.509. The van der Waals surface area contributed by atoms with E-state index >= 15 is 0 Å². The standard InChI is InChI=1S/C53H66N8O7S/c1-35(2)43-9-4-5-10-44(43)48-34-59(38-7-6-8-38)25-26-60(48)40-30-53(31-40)20-23-58(24-21-53)39-11-13-45(49(28-39)68-41-27-37-17-22-54-50(37)56-33-41)51(62)57-69(66,67)42-12-14-46(47(29-42)61(64)65)55-32-36-15-18-52(3,63)19-16-36/h4-5,9-14,17,22,27-29,33,35-36,38,40,48,55,63H,6-8,15-16,18-21,23-26,30-32,34H2,1-3H3,(H,54,56)(H,57,62)/t36-,48?,52-. The van der Waals surface area contributed by atoms with Crippen LogP contribution in [0, 0.1) is 21.4 Å². The van der Waals surface area contributed by atoms with Gasteiger partial charge in [0.1, 0.15) is 22.8 Å². The smallest absolute Gasteiger partial charge is 0.293 e. The van der Waals surface area contributed by atoms with Gasteiger partial charge in [0.05, 0.1) is 27.2 Å². The largest absolute Gasteiger partial charge is 0.455 e. The number of fused-ring (bicyclic) bond motifs is 1. The van der Waals surface area contributed by atoms with Gasteiger partial charge < -0.3 is 25.0 Å². The molecule has 69 heavy (non-hydrogen) atoms. The number of piperidine rings is 1. The van der Waals surface area contributed by atoms with Crippen LogP contribution in [-0.4, -0.2) is 101 Å². The molecular weight excluding hydrogens is 893 g/mol. The Kier molecular flexibility index (Phi) is 13.0. The highest BCUT2D eigenvalue weighted by Gasteiger charge is 2.50. The molecule has 3 aromatic carbocycles. The lowest BCUT2D eigenvalue weighted by molar-refractivity contribution is -0.384. The van der Waals surface area contributed by atoms with Crippen LogP contribution in [-0.2, 0) is 10.0 Å². The molecule has 5 aromatic rings. The number of amides is 1. The van der Waals surface area contributed by atoms with Crippen molar-refractivity contribution in [3.63, 3.8) is 0 Å². The van der Waals surface area contributed by atoms with Gasteiger partial charge in [0, 0.05) is 86.8 Å². The molecule has 4 heterocycles. The van der Waals surface area contributed by atoms with Gasteiger partial charge in [-0.05, 0) is 136 Å². The van der Waals surface area contributed by atoms with Gasteiger partial charge in [-0.25, -0.2) is 18.1 Å². The second-order valence-electron chi connectivity index (χ2n) is 21.2. The van der Waals surface area contributed by atoms with Gasteiger partial charge >= 0.3 is 0 Å². The molecular formula is C53H66N8O7S. The first-order valence-corrected chi connectivity index (χ1v) is 26.5. The molecule has 15 nitrogen and oxygen atoms in total. The van der Waals surface area contributed by atoms with Gasteiger partial charge in [0.2, 0.25) is 0 Å². The Morgan fingerprint density at radius 1 is 0.957 bits per heavy atom. The fourth-order valence-electron chi connectivity index (χ4n) is 11.8. The maximum Gasteiger partial charge on any atom is 0.293 e. The number of benzene rings is 3. The maximum absolute atomic E-state index is 14.1. The van der Waals surface area contributed by atoms with Crippen LogP contribution in [0.2, 0.25) is 0 Å². The summed E-state index contributed by atoms with van der Waals surface area (Å²) in [4.78, 5) is 40.7. The number of aromatic nitrogens is 2. The Morgan fingerprint density at radius 2 is 1.72 bits per heavy atom. The molecule has 1 unspecified atom stereocenters. The Bertz CT molecular complexity index is 2800. The van der Waals surface area contributed by atoms with E-state index < -0.39 is 37.0 Å². The maximum atomic E-state index is 14.1. The molecule has 4 N–H and O–H groups in total. The molecule has 5 aliphatic rings. The minimum atomic E-state index is -4.57. The van der Waals surface area contributed by atoms with Crippen molar-refractivity contribution in [2.45, 2.75) is 126 Å². The third-order valence-corrected chi connectivity index (χ3v) is 17.6. The van der Waals surface area contributed by atoms with E-state index in [1.54, 1.807) is 30.6 Å². The second-order valence-corrected chi connectivity index (χ2v) is 22.9. The van der Waals surface area contributed by atoms with Crippen LogP contribution in [0.1, 0.15) is 125 Å². The molecule has 3 saturated carbocycles. The van der Waals surface area contributed by atoms with Crippen molar-refractivity contribution < 1.29 is 28.0 Å². The number of H-pyrrole nitrogens is 1. The highest BCUT2D eigenvalue weighted by molar-refractivity contribution is 7.90. The number of hydrogen-bond donors (Lipinski definition) is 4. The number of nitrogens with zero attached hydrogens (tertiary/aromatic N) is 5. The van der Waals surface area contributed by atoms with Crippen molar-refractivity contribution in [3.05, 3.63) is 112 Å². The van der Waals surface area contributed by atoms with E-state index in [0.717, 1.165) is 81.6 Å². The zero-order chi connectivity index (χ0) is 48.1. The van der Waals surface area contributed by atoms with E-state index in [0.29, 0.717) is 48.8 Å². The predicted molar refractivity (Wildman–Crippen MR) is 268 cm³/mol. The van der Waals surface area contributed by atoms with E-state index in [9.17, 15) is 28.4 Å². The summed E-state index contributed by atoms with van der Waals surface area (Å²) in [5, 5.41) is 26.5. The molecule has 16 heteroatoms. The number of aromatic amines is 1. The molecule has 3 aliphatic carbocycles. The third-order valence-electron chi connectivity index (χ3n) is 16.3. The van der Waals surface area contributed by atoms with Crippen LogP contribution in [0.15, 0.2) is 90.1 Å². The number of carbonyl (C=O) groups excluding carboxylic acids is 1. The van der Waals surface area contributed by atoms with Crippen LogP contribution in [0.25, 0.3) is 11.0 Å². The molecule has 5 fully saturated rings. The zero-order valence-electron chi connectivity index (χ0n) is 40.0. The number of ether oxygens (including phenoxy) is 1. The number of rotatable bonds is 14. The highest BCUT2D eigenvalue weighted by Crippen LogP contribution is 2.54. The fourth-order valence-corrected chi connectivity index (χ4v) is 12.8. The summed E-state index contributed by atoms with van der Waals surface area (Å²) in [6.45, 7) is 11.9. The Hall–Kier alpha value is -5.55. The predicted octanol–water partition coefficient (Wildman–Crippen LogP) is 9.52. The van der Waals surface area contributed by atoms with E-state index in [-0.39, 0.29) is 28.3 Å². The summed E-state index contributed by atoms with van der Waals surface area (Å²) < 4.78 is 36.2. The van der Waals surface area contributed by atoms with Crippen LogP contribution >= 0.6 is 0 Å². The zero-order valence-corrected chi connectivity index (χ0v) is 40.8. The van der Waals surface area contributed by atoms with E-state index in [1.165, 1.54) is 55.4 Å². The highest BCUT2D eigenvalue weighted by atomic mass is 32.2. The number of nitro benzene ring substituents is 1. The van der Waals surface area contributed by atoms with Crippen LogP contribution in [0.3, 0.4) is 0 Å². The van der Waals surface area contributed by atoms with Crippen molar-refractivity contribution in [2.75, 3.05) is 49.5 Å². The summed E-state index contributed by atoms with van der Waals surface area (Å²) in [6.07, 6.45) is 14.6. The SMILES string of the molecule is CC(C)c1ccccc1C1CN(C2CCC2)CCN1C1CC2(CCN(c3ccc(C(=O)NS(=O)(=O)c4ccc(NC[C@H]5CC[C@](C)(O)CC5)c([N+](=O)[O-])c4)c(Oc4cnc5[nH]ccc5c4)c3)CC2)C1. The van der Waals surface area contributed by atoms with Gasteiger partial charge in [-0.3, -0.25) is 24.7 Å². The number of anilines is 2. The quantitative estimate of drug-likeness (QED) is 0.0611. The van der Waals surface area contributed by atoms with Crippen LogP contribution in [0.5, 0.6) is 11.5 Å². The number of carbonyl (C=O) groups is 1. The van der Waals surface area contributed by atoms with Crippen molar-refractivity contribution in [1.82, 2.24) is 24.5 Å². The van der Waals surface area contributed by atoms with Gasteiger partial charge in [0.25, 0.3) is 21.6 Å². The first-order chi connectivity index (χ1) is 33.1. The summed E-state index contributed by atoms with van der Waals surface area (Å²) in [7, 11) is -4.57. The summed E-state index contributed by atoms with van der Waals surface area (Å²) in [5.74, 6) is 0.264. The van der Waals surface area contributed by atoms with E-state index in [2.05, 4.69) is 72.8 Å². The molecule has 1 atom stereocenters.